The Bertz CT molecular complexity index is 314. The summed E-state index contributed by atoms with van der Waals surface area (Å²) in [4.78, 5) is 0. The van der Waals surface area contributed by atoms with Crippen molar-refractivity contribution in [3.05, 3.63) is 0 Å². The van der Waals surface area contributed by atoms with Crippen molar-refractivity contribution < 1.29 is 13.5 Å². The average Bonchev–Trinajstić information content (AvgIpc) is 2.42. The molecule has 1 aliphatic carbocycles. The number of sulfonamides is 1. The van der Waals surface area contributed by atoms with Crippen LogP contribution in [0.1, 0.15) is 52.4 Å². The highest BCUT2D eigenvalue weighted by Crippen LogP contribution is 2.19. The molecule has 0 amide bonds. The summed E-state index contributed by atoms with van der Waals surface area (Å²) < 4.78 is 26.3. The molecule has 0 saturated heterocycles. The van der Waals surface area contributed by atoms with Gasteiger partial charge in [-0.3, -0.25) is 0 Å². The fourth-order valence-corrected chi connectivity index (χ4v) is 3.74. The van der Waals surface area contributed by atoms with Crippen molar-refractivity contribution in [1.82, 2.24) is 4.72 Å². The minimum Gasteiger partial charge on any atom is -0.391 e. The molecule has 102 valence electrons. The smallest absolute Gasteiger partial charge is 0.211 e. The molecule has 0 bridgehead atoms. The van der Waals surface area contributed by atoms with Crippen LogP contribution in [0, 0.1) is 5.92 Å². The first-order valence-corrected chi connectivity index (χ1v) is 8.24. The fourth-order valence-electron chi connectivity index (χ4n) is 2.11. The molecular formula is C12H25NO3S. The molecule has 0 aliphatic heterocycles. The van der Waals surface area contributed by atoms with Crippen molar-refractivity contribution in [1.29, 1.82) is 0 Å². The first kappa shape index (κ1) is 14.9. The summed E-state index contributed by atoms with van der Waals surface area (Å²) in [6, 6.07) is -0.283. The summed E-state index contributed by atoms with van der Waals surface area (Å²) >= 11 is 0. The van der Waals surface area contributed by atoms with Crippen LogP contribution in [0.4, 0.5) is 0 Å². The lowest BCUT2D eigenvalue weighted by atomic mass is 10.1. The highest BCUT2D eigenvalue weighted by Gasteiger charge is 2.25. The van der Waals surface area contributed by atoms with E-state index in [1.807, 2.05) is 13.8 Å². The molecular weight excluding hydrogens is 238 g/mol. The molecule has 0 spiro atoms. The van der Waals surface area contributed by atoms with Crippen LogP contribution in [0.3, 0.4) is 0 Å². The Morgan fingerprint density at radius 1 is 1.24 bits per heavy atom. The molecule has 1 aliphatic rings. The summed E-state index contributed by atoms with van der Waals surface area (Å²) in [5.41, 5.74) is 0. The van der Waals surface area contributed by atoms with Crippen LogP contribution in [-0.4, -0.2) is 31.4 Å². The van der Waals surface area contributed by atoms with Gasteiger partial charge in [-0.1, -0.05) is 33.1 Å². The average molecular weight is 263 g/mol. The lowest BCUT2D eigenvalue weighted by Crippen LogP contribution is -2.43. The van der Waals surface area contributed by atoms with E-state index in [1.54, 1.807) is 0 Å². The molecule has 0 radical (unpaired) electrons. The summed E-state index contributed by atoms with van der Waals surface area (Å²) in [7, 11) is -3.24. The summed E-state index contributed by atoms with van der Waals surface area (Å²) in [6.07, 6.45) is 4.67. The van der Waals surface area contributed by atoms with E-state index in [-0.39, 0.29) is 11.8 Å². The van der Waals surface area contributed by atoms with Crippen LogP contribution in [-0.2, 0) is 10.0 Å². The van der Waals surface area contributed by atoms with Crippen molar-refractivity contribution in [2.24, 2.45) is 5.92 Å². The number of hydrogen-bond donors (Lipinski definition) is 2. The Morgan fingerprint density at radius 3 is 2.53 bits per heavy atom. The van der Waals surface area contributed by atoms with Gasteiger partial charge in [0, 0.05) is 6.04 Å². The van der Waals surface area contributed by atoms with Gasteiger partial charge in [0.15, 0.2) is 0 Å². The van der Waals surface area contributed by atoms with E-state index < -0.39 is 16.1 Å². The molecule has 2 N–H and O–H groups in total. The van der Waals surface area contributed by atoms with Crippen molar-refractivity contribution >= 4 is 10.0 Å². The van der Waals surface area contributed by atoms with Crippen molar-refractivity contribution in [3.8, 4) is 0 Å². The van der Waals surface area contributed by atoms with E-state index >= 15 is 0 Å². The molecule has 2 unspecified atom stereocenters. The third-order valence-corrected chi connectivity index (χ3v) is 4.71. The highest BCUT2D eigenvalue weighted by atomic mass is 32.2. The van der Waals surface area contributed by atoms with Crippen LogP contribution in [0.5, 0.6) is 0 Å². The van der Waals surface area contributed by atoms with Gasteiger partial charge in [-0.2, -0.15) is 0 Å². The van der Waals surface area contributed by atoms with Gasteiger partial charge in [0.25, 0.3) is 0 Å². The number of nitrogens with one attached hydrogen (secondary N) is 1. The van der Waals surface area contributed by atoms with Crippen LogP contribution >= 0.6 is 0 Å². The second-order valence-electron chi connectivity index (χ2n) is 5.43. The Hall–Kier alpha value is -0.130. The number of aliphatic hydroxyl groups is 1. The number of hydrogen-bond acceptors (Lipinski definition) is 3. The second kappa shape index (κ2) is 6.71. The lowest BCUT2D eigenvalue weighted by molar-refractivity contribution is 0.130. The van der Waals surface area contributed by atoms with Gasteiger partial charge >= 0.3 is 0 Å². The fraction of sp³-hybridized carbons (Fsp3) is 1.00. The standard InChI is InChI=1S/C12H25NO3S/c1-10(2)8-9-17(15,16)13-11-6-4-3-5-7-12(11)14/h10-14H,3-9H2,1-2H3. The highest BCUT2D eigenvalue weighted by molar-refractivity contribution is 7.89. The van der Waals surface area contributed by atoms with E-state index in [0.717, 1.165) is 25.7 Å². The lowest BCUT2D eigenvalue weighted by Gasteiger charge is -2.21. The van der Waals surface area contributed by atoms with Gasteiger partial charge in [0.2, 0.25) is 10.0 Å². The van der Waals surface area contributed by atoms with Gasteiger partial charge in [0.05, 0.1) is 11.9 Å². The molecule has 0 aromatic heterocycles. The molecule has 5 heteroatoms. The number of rotatable bonds is 5. The quantitative estimate of drug-likeness (QED) is 0.741. The monoisotopic (exact) mass is 263 g/mol. The molecule has 17 heavy (non-hydrogen) atoms. The maximum absolute atomic E-state index is 11.8. The maximum Gasteiger partial charge on any atom is 0.211 e. The predicted molar refractivity (Wildman–Crippen MR) is 69.3 cm³/mol. The molecule has 2 atom stereocenters. The first-order valence-electron chi connectivity index (χ1n) is 6.59. The van der Waals surface area contributed by atoms with E-state index in [4.69, 9.17) is 0 Å². The van der Waals surface area contributed by atoms with Crippen molar-refractivity contribution in [2.45, 2.75) is 64.5 Å². The Labute approximate surface area is 105 Å². The SMILES string of the molecule is CC(C)CCS(=O)(=O)NC1CCCCCC1O. The van der Waals surface area contributed by atoms with Crippen molar-refractivity contribution in [2.75, 3.05) is 5.75 Å². The third-order valence-electron chi connectivity index (χ3n) is 3.27. The maximum atomic E-state index is 11.8. The van der Waals surface area contributed by atoms with E-state index in [2.05, 4.69) is 4.72 Å². The van der Waals surface area contributed by atoms with E-state index in [1.165, 1.54) is 0 Å². The Morgan fingerprint density at radius 2 is 1.88 bits per heavy atom. The minimum atomic E-state index is -3.24. The minimum absolute atomic E-state index is 0.161. The van der Waals surface area contributed by atoms with Crippen molar-refractivity contribution in [3.63, 3.8) is 0 Å². The zero-order valence-corrected chi connectivity index (χ0v) is 11.7. The zero-order valence-electron chi connectivity index (χ0n) is 10.9. The third kappa shape index (κ3) is 5.84. The van der Waals surface area contributed by atoms with Gasteiger partial charge in [-0.25, -0.2) is 13.1 Å². The predicted octanol–water partition coefficient (Wildman–Crippen LogP) is 1.65. The molecule has 1 rings (SSSR count). The molecule has 0 aromatic rings. The zero-order chi connectivity index (χ0) is 12.9. The van der Waals surface area contributed by atoms with Gasteiger partial charge in [0.1, 0.15) is 0 Å². The van der Waals surface area contributed by atoms with E-state index in [9.17, 15) is 13.5 Å². The van der Waals surface area contributed by atoms with Gasteiger partial charge < -0.3 is 5.11 Å². The largest absolute Gasteiger partial charge is 0.391 e. The molecule has 4 nitrogen and oxygen atoms in total. The topological polar surface area (TPSA) is 66.4 Å². The van der Waals surface area contributed by atoms with Gasteiger partial charge in [-0.05, 0) is 25.2 Å². The van der Waals surface area contributed by atoms with Crippen LogP contribution in [0.2, 0.25) is 0 Å². The Balaban J connectivity index is 2.50. The summed E-state index contributed by atoms with van der Waals surface area (Å²) in [6.45, 7) is 4.02. The van der Waals surface area contributed by atoms with Crippen LogP contribution in [0.15, 0.2) is 0 Å². The van der Waals surface area contributed by atoms with E-state index in [0.29, 0.717) is 18.8 Å². The number of aliphatic hydroxyl groups excluding tert-OH is 1. The molecule has 1 saturated carbocycles. The molecule has 0 heterocycles. The molecule has 0 aromatic carbocycles. The van der Waals surface area contributed by atoms with Gasteiger partial charge in [-0.15, -0.1) is 0 Å². The Kier molecular flexibility index (Phi) is 5.89. The molecule has 1 fully saturated rings. The first-order chi connectivity index (χ1) is 7.91. The normalized spacial score (nSPS) is 27.1. The summed E-state index contributed by atoms with van der Waals surface area (Å²) in [5.74, 6) is 0.541. The van der Waals surface area contributed by atoms with Crippen LogP contribution in [0.25, 0.3) is 0 Å². The second-order valence-corrected chi connectivity index (χ2v) is 7.30. The summed E-state index contributed by atoms with van der Waals surface area (Å²) in [5, 5.41) is 9.86. The van der Waals surface area contributed by atoms with Crippen LogP contribution < -0.4 is 4.72 Å².